The molecule has 1 amide bonds. The summed E-state index contributed by atoms with van der Waals surface area (Å²) >= 11 is 0. The van der Waals surface area contributed by atoms with Gasteiger partial charge in [0.15, 0.2) is 11.5 Å². The van der Waals surface area contributed by atoms with E-state index in [-0.39, 0.29) is 11.6 Å². The van der Waals surface area contributed by atoms with Crippen LogP contribution in [-0.2, 0) is 6.54 Å². The van der Waals surface area contributed by atoms with E-state index in [1.165, 1.54) is 18.9 Å². The zero-order valence-electron chi connectivity index (χ0n) is 17.0. The predicted molar refractivity (Wildman–Crippen MR) is 115 cm³/mol. The molecule has 4 aromatic rings. The Hall–Kier alpha value is -3.42. The molecule has 0 atom stereocenters. The number of nitrogens with one attached hydrogen (secondary N) is 1. The number of amides is 1. The van der Waals surface area contributed by atoms with E-state index in [9.17, 15) is 9.18 Å². The molecular formula is C22H23FN6O. The number of nitrogens with zero attached hydrogens (tertiary/aromatic N) is 5. The van der Waals surface area contributed by atoms with Crippen LogP contribution >= 0.6 is 0 Å². The lowest BCUT2D eigenvalue weighted by molar-refractivity contribution is 0.102. The minimum atomic E-state index is -0.481. The van der Waals surface area contributed by atoms with Gasteiger partial charge in [-0.15, -0.1) is 0 Å². The van der Waals surface area contributed by atoms with Gasteiger partial charge in [0.05, 0.1) is 16.9 Å². The molecule has 3 aromatic heterocycles. The summed E-state index contributed by atoms with van der Waals surface area (Å²) in [6, 6.07) is 5.10. The van der Waals surface area contributed by atoms with E-state index >= 15 is 0 Å². The molecule has 8 heteroatoms. The van der Waals surface area contributed by atoms with E-state index in [0.29, 0.717) is 22.5 Å². The first kappa shape index (κ1) is 18.6. The zero-order chi connectivity index (χ0) is 20.8. The number of pyridine rings is 1. The number of anilines is 2. The molecule has 1 aliphatic rings. The van der Waals surface area contributed by atoms with E-state index in [1.54, 1.807) is 23.7 Å². The quantitative estimate of drug-likeness (QED) is 0.556. The van der Waals surface area contributed by atoms with Crippen molar-refractivity contribution in [2.45, 2.75) is 33.2 Å². The Morgan fingerprint density at radius 1 is 1.20 bits per heavy atom. The maximum Gasteiger partial charge on any atom is 0.257 e. The Labute approximate surface area is 173 Å². The van der Waals surface area contributed by atoms with Crippen LogP contribution in [0.2, 0.25) is 0 Å². The van der Waals surface area contributed by atoms with Gasteiger partial charge < -0.3 is 14.6 Å². The Bertz CT molecular complexity index is 1270. The molecule has 1 N–H and O–H groups in total. The van der Waals surface area contributed by atoms with E-state index in [2.05, 4.69) is 20.3 Å². The molecule has 4 heterocycles. The molecule has 0 unspecified atom stereocenters. The largest absolute Gasteiger partial charge is 0.371 e. The highest BCUT2D eigenvalue weighted by Crippen LogP contribution is 2.31. The highest BCUT2D eigenvalue weighted by atomic mass is 19.1. The third-order valence-electron chi connectivity index (χ3n) is 5.60. The van der Waals surface area contributed by atoms with Gasteiger partial charge in [-0.05, 0) is 38.8 Å². The average molecular weight is 406 g/mol. The molecule has 1 fully saturated rings. The van der Waals surface area contributed by atoms with Crippen molar-refractivity contribution in [3.63, 3.8) is 0 Å². The molecule has 0 aliphatic carbocycles. The molecule has 1 aliphatic heterocycles. The first-order valence-electron chi connectivity index (χ1n) is 10.2. The van der Waals surface area contributed by atoms with Gasteiger partial charge >= 0.3 is 0 Å². The number of aryl methyl sites for hydroxylation is 2. The topological polar surface area (TPSA) is 67.5 Å². The molecule has 5 rings (SSSR count). The van der Waals surface area contributed by atoms with Crippen LogP contribution in [0.15, 0.2) is 36.8 Å². The molecule has 154 valence electrons. The fraction of sp³-hybridized carbons (Fsp3) is 0.318. The number of halogens is 1. The third kappa shape index (κ3) is 3.08. The maximum absolute atomic E-state index is 14.4. The van der Waals surface area contributed by atoms with E-state index in [0.717, 1.165) is 30.7 Å². The van der Waals surface area contributed by atoms with Crippen LogP contribution < -0.4 is 10.2 Å². The number of carbonyl (C=O) groups is 1. The van der Waals surface area contributed by atoms with E-state index < -0.39 is 5.82 Å². The van der Waals surface area contributed by atoms with Gasteiger partial charge in [0.25, 0.3) is 5.91 Å². The maximum atomic E-state index is 14.4. The second kappa shape index (κ2) is 7.12. The summed E-state index contributed by atoms with van der Waals surface area (Å²) in [5, 5.41) is 8.43. The fourth-order valence-electron chi connectivity index (χ4n) is 4.16. The number of fused-ring (bicyclic) bond motifs is 2. The molecule has 0 radical (unpaired) electrons. The van der Waals surface area contributed by atoms with Crippen LogP contribution in [0, 0.1) is 12.7 Å². The molecule has 1 aromatic carbocycles. The summed E-state index contributed by atoms with van der Waals surface area (Å²) in [4.78, 5) is 19.6. The van der Waals surface area contributed by atoms with Crippen LogP contribution in [0.4, 0.5) is 15.8 Å². The smallest absolute Gasteiger partial charge is 0.257 e. The van der Waals surface area contributed by atoms with Crippen LogP contribution in [0.5, 0.6) is 0 Å². The summed E-state index contributed by atoms with van der Waals surface area (Å²) in [5.74, 6) is -0.796. The highest BCUT2D eigenvalue weighted by Gasteiger charge is 2.21. The van der Waals surface area contributed by atoms with E-state index in [4.69, 9.17) is 0 Å². The second-order valence-electron chi connectivity index (χ2n) is 7.72. The molecule has 30 heavy (non-hydrogen) atoms. The van der Waals surface area contributed by atoms with Crippen LogP contribution in [0.25, 0.3) is 16.6 Å². The number of hydrogen-bond donors (Lipinski definition) is 1. The minimum absolute atomic E-state index is 0.240. The molecular weight excluding hydrogens is 383 g/mol. The van der Waals surface area contributed by atoms with Crippen LogP contribution in [0.3, 0.4) is 0 Å². The lowest BCUT2D eigenvalue weighted by atomic mass is 10.1. The van der Waals surface area contributed by atoms with Gasteiger partial charge in [-0.25, -0.2) is 9.37 Å². The fourth-order valence-corrected chi connectivity index (χ4v) is 4.16. The van der Waals surface area contributed by atoms with Crippen molar-refractivity contribution in [1.82, 2.24) is 19.2 Å². The molecule has 7 nitrogen and oxygen atoms in total. The monoisotopic (exact) mass is 406 g/mol. The highest BCUT2D eigenvalue weighted by molar-refractivity contribution is 6.13. The first-order chi connectivity index (χ1) is 14.5. The lowest BCUT2D eigenvalue weighted by Gasteiger charge is -2.19. The SMILES string of the molecule is CCn1cc2c(N3CCCC3)ccc(C(=O)Nc3cc(F)c4nc(C)cn4c3)c2n1. The third-order valence-corrected chi connectivity index (χ3v) is 5.60. The van der Waals surface area contributed by atoms with E-state index in [1.807, 2.05) is 29.9 Å². The number of hydrogen-bond acceptors (Lipinski definition) is 4. The summed E-state index contributed by atoms with van der Waals surface area (Å²) < 4.78 is 17.8. The second-order valence-corrected chi connectivity index (χ2v) is 7.72. The van der Waals surface area contributed by atoms with Gasteiger partial charge in [0, 0.05) is 55.4 Å². The summed E-state index contributed by atoms with van der Waals surface area (Å²) in [7, 11) is 0. The number of carbonyl (C=O) groups excluding carboxylic acids is 1. The summed E-state index contributed by atoms with van der Waals surface area (Å²) in [6.45, 7) is 6.57. The normalized spacial score (nSPS) is 14.2. The standard InChI is InChI=1S/C22H23FN6O/c1-3-29-13-17-19(27-8-4-5-9-27)7-6-16(20(17)26-29)22(30)25-15-10-18(23)21-24-14(2)11-28(21)12-15/h6-7,10-13H,3-5,8-9H2,1-2H3,(H,25,30). The summed E-state index contributed by atoms with van der Waals surface area (Å²) in [5.41, 5.74) is 3.57. The van der Waals surface area contributed by atoms with Crippen molar-refractivity contribution in [3.05, 3.63) is 53.9 Å². The van der Waals surface area contributed by atoms with Crippen molar-refractivity contribution in [2.75, 3.05) is 23.3 Å². The van der Waals surface area contributed by atoms with Gasteiger partial charge in [0.2, 0.25) is 0 Å². The van der Waals surface area contributed by atoms with Crippen molar-refractivity contribution < 1.29 is 9.18 Å². The van der Waals surface area contributed by atoms with Crippen LogP contribution in [-0.4, -0.2) is 38.2 Å². The number of imidazole rings is 1. The number of benzene rings is 1. The zero-order valence-corrected chi connectivity index (χ0v) is 17.0. The van der Waals surface area contributed by atoms with Crippen molar-refractivity contribution in [2.24, 2.45) is 0 Å². The van der Waals surface area contributed by atoms with Gasteiger partial charge in [0.1, 0.15) is 5.52 Å². The Balaban J connectivity index is 1.53. The molecule has 0 spiro atoms. The average Bonchev–Trinajstić information content (AvgIpc) is 3.46. The predicted octanol–water partition coefficient (Wildman–Crippen LogP) is 4.00. The molecule has 0 bridgehead atoms. The van der Waals surface area contributed by atoms with Crippen molar-refractivity contribution in [1.29, 1.82) is 0 Å². The van der Waals surface area contributed by atoms with Gasteiger partial charge in [-0.2, -0.15) is 5.10 Å². The molecule has 0 saturated carbocycles. The van der Waals surface area contributed by atoms with Crippen molar-refractivity contribution >= 4 is 33.8 Å². The van der Waals surface area contributed by atoms with Crippen LogP contribution in [0.1, 0.15) is 35.8 Å². The Kier molecular flexibility index (Phi) is 4.42. The molecule has 1 saturated heterocycles. The number of rotatable bonds is 4. The van der Waals surface area contributed by atoms with Gasteiger partial charge in [-0.3, -0.25) is 9.48 Å². The Morgan fingerprint density at radius 2 is 2.00 bits per heavy atom. The van der Waals surface area contributed by atoms with Gasteiger partial charge in [-0.1, -0.05) is 0 Å². The summed E-state index contributed by atoms with van der Waals surface area (Å²) in [6.07, 6.45) is 7.73. The van der Waals surface area contributed by atoms with Crippen molar-refractivity contribution in [3.8, 4) is 0 Å². The Morgan fingerprint density at radius 3 is 2.77 bits per heavy atom. The minimum Gasteiger partial charge on any atom is -0.371 e. The lowest BCUT2D eigenvalue weighted by Crippen LogP contribution is -2.19. The first-order valence-corrected chi connectivity index (χ1v) is 10.2. The number of aromatic nitrogens is 4.